The molecule has 0 bridgehead atoms. The third-order valence-corrected chi connectivity index (χ3v) is 9.70. The third-order valence-electron chi connectivity index (χ3n) is 9.70. The first-order chi connectivity index (χ1) is 28.0. The van der Waals surface area contributed by atoms with E-state index in [4.69, 9.17) is 14.2 Å². The minimum absolute atomic E-state index is 0.0949. The van der Waals surface area contributed by atoms with E-state index in [0.717, 1.165) is 89.9 Å². The van der Waals surface area contributed by atoms with E-state index in [9.17, 15) is 14.4 Å². The summed E-state index contributed by atoms with van der Waals surface area (Å²) in [6.07, 6.45) is 56.3. The summed E-state index contributed by atoms with van der Waals surface area (Å²) in [6, 6.07) is 0. The summed E-state index contributed by atoms with van der Waals surface area (Å²) in [5.41, 5.74) is 0. The summed E-state index contributed by atoms with van der Waals surface area (Å²) in [4.78, 5) is 37.5. The van der Waals surface area contributed by atoms with Crippen molar-refractivity contribution in [3.05, 3.63) is 72.9 Å². The van der Waals surface area contributed by atoms with Crippen molar-refractivity contribution in [1.82, 2.24) is 0 Å². The molecule has 6 nitrogen and oxygen atoms in total. The van der Waals surface area contributed by atoms with Gasteiger partial charge in [0.1, 0.15) is 13.2 Å². The van der Waals surface area contributed by atoms with E-state index in [1.807, 2.05) is 0 Å². The van der Waals surface area contributed by atoms with Crippen LogP contribution in [0.3, 0.4) is 0 Å². The van der Waals surface area contributed by atoms with E-state index in [0.29, 0.717) is 19.3 Å². The number of hydrogen-bond donors (Lipinski definition) is 0. The molecule has 0 fully saturated rings. The number of esters is 3. The lowest BCUT2D eigenvalue weighted by Gasteiger charge is -2.18. The van der Waals surface area contributed by atoms with Crippen LogP contribution in [0.5, 0.6) is 0 Å². The van der Waals surface area contributed by atoms with Crippen molar-refractivity contribution < 1.29 is 28.6 Å². The molecule has 0 saturated heterocycles. The molecule has 0 amide bonds. The number of carbonyl (C=O) groups is 3. The van der Waals surface area contributed by atoms with Crippen LogP contribution < -0.4 is 0 Å². The molecule has 0 aliphatic carbocycles. The molecule has 6 heteroatoms. The topological polar surface area (TPSA) is 78.9 Å². The van der Waals surface area contributed by atoms with Gasteiger partial charge >= 0.3 is 17.9 Å². The van der Waals surface area contributed by atoms with Crippen LogP contribution in [0.1, 0.15) is 213 Å². The first kappa shape index (κ1) is 53.9. The lowest BCUT2D eigenvalue weighted by Crippen LogP contribution is -2.30. The van der Waals surface area contributed by atoms with E-state index in [1.165, 1.54) is 77.0 Å². The summed E-state index contributed by atoms with van der Waals surface area (Å²) in [5, 5.41) is 0. The third kappa shape index (κ3) is 43.8. The van der Waals surface area contributed by atoms with Crippen LogP contribution in [-0.4, -0.2) is 37.2 Å². The van der Waals surface area contributed by atoms with Gasteiger partial charge in [-0.15, -0.1) is 0 Å². The summed E-state index contributed by atoms with van der Waals surface area (Å²) in [5.74, 6) is -0.959. The molecule has 0 radical (unpaired) electrons. The highest BCUT2D eigenvalue weighted by Gasteiger charge is 2.19. The van der Waals surface area contributed by atoms with Gasteiger partial charge in [-0.1, -0.05) is 177 Å². The van der Waals surface area contributed by atoms with Gasteiger partial charge in [-0.2, -0.15) is 0 Å². The molecule has 326 valence electrons. The van der Waals surface area contributed by atoms with E-state index in [1.54, 1.807) is 0 Å². The Morgan fingerprint density at radius 2 is 0.684 bits per heavy atom. The lowest BCUT2D eigenvalue weighted by atomic mass is 10.1. The standard InChI is InChI=1S/C51H86O6/c1-4-7-10-13-15-17-19-21-23-24-25-26-28-29-31-33-35-38-41-44-50(53)56-47-48(46-55-49(52)43-40-37-12-9-6-3)57-51(54)45-42-39-36-34-32-30-27-22-20-18-16-14-11-8-5-2/h8,11,15-18,21-23,27,32,34,48H,4-7,9-10,12-14,19-20,24-26,28-31,33,35-47H2,1-3H3/b11-8-,17-15-,18-16-,23-21-,27-22-,34-32-. The van der Waals surface area contributed by atoms with E-state index in [2.05, 4.69) is 93.7 Å². The molecular formula is C51H86O6. The fourth-order valence-electron chi connectivity index (χ4n) is 6.17. The summed E-state index contributed by atoms with van der Waals surface area (Å²) in [7, 11) is 0. The first-order valence-corrected chi connectivity index (χ1v) is 23.4. The van der Waals surface area contributed by atoms with Crippen molar-refractivity contribution in [3.63, 3.8) is 0 Å². The quantitative estimate of drug-likeness (QED) is 0.0265. The molecule has 1 unspecified atom stereocenters. The molecule has 0 aromatic heterocycles. The Bertz CT molecular complexity index is 1100. The predicted octanol–water partition coefficient (Wildman–Crippen LogP) is 15.1. The SMILES string of the molecule is CC/C=C\C/C=C\C/C=C\C/C=C\CCCCC(=O)OC(COC(=O)CCCCCCC)COC(=O)CCCCCCCCCCC/C=C\C/C=C\CCCCC. The average molecular weight is 795 g/mol. The highest BCUT2D eigenvalue weighted by atomic mass is 16.6. The molecule has 0 spiro atoms. The van der Waals surface area contributed by atoms with Gasteiger partial charge < -0.3 is 14.2 Å². The molecule has 0 aliphatic rings. The highest BCUT2D eigenvalue weighted by Crippen LogP contribution is 2.13. The maximum absolute atomic E-state index is 12.7. The predicted molar refractivity (Wildman–Crippen MR) is 242 cm³/mol. The Morgan fingerprint density at radius 3 is 1.14 bits per heavy atom. The molecule has 0 aromatic carbocycles. The first-order valence-electron chi connectivity index (χ1n) is 23.4. The van der Waals surface area contributed by atoms with E-state index < -0.39 is 6.10 Å². The number of carbonyl (C=O) groups excluding carboxylic acids is 3. The number of hydrogen-bond acceptors (Lipinski definition) is 6. The normalized spacial score (nSPS) is 12.7. The summed E-state index contributed by atoms with van der Waals surface area (Å²) >= 11 is 0. The zero-order valence-corrected chi connectivity index (χ0v) is 37.1. The summed E-state index contributed by atoms with van der Waals surface area (Å²) in [6.45, 7) is 6.36. The lowest BCUT2D eigenvalue weighted by molar-refractivity contribution is -0.167. The number of ether oxygens (including phenoxy) is 3. The smallest absolute Gasteiger partial charge is 0.306 e. The van der Waals surface area contributed by atoms with Crippen LogP contribution in [0, 0.1) is 0 Å². The zero-order chi connectivity index (χ0) is 41.5. The molecule has 0 heterocycles. The van der Waals surface area contributed by atoms with Crippen LogP contribution in [0.2, 0.25) is 0 Å². The Morgan fingerprint density at radius 1 is 0.368 bits per heavy atom. The van der Waals surface area contributed by atoms with Crippen molar-refractivity contribution in [3.8, 4) is 0 Å². The molecule has 1 atom stereocenters. The fraction of sp³-hybridized carbons (Fsp3) is 0.706. The molecule has 0 aliphatic heterocycles. The second-order valence-electron chi connectivity index (χ2n) is 15.3. The van der Waals surface area contributed by atoms with Gasteiger partial charge in [0, 0.05) is 19.3 Å². The molecule has 57 heavy (non-hydrogen) atoms. The van der Waals surface area contributed by atoms with Gasteiger partial charge in [0.15, 0.2) is 6.10 Å². The van der Waals surface area contributed by atoms with Crippen molar-refractivity contribution >= 4 is 17.9 Å². The van der Waals surface area contributed by atoms with Crippen LogP contribution in [0.25, 0.3) is 0 Å². The van der Waals surface area contributed by atoms with Gasteiger partial charge in [-0.3, -0.25) is 14.4 Å². The highest BCUT2D eigenvalue weighted by molar-refractivity contribution is 5.71. The van der Waals surface area contributed by atoms with Crippen LogP contribution in [-0.2, 0) is 28.6 Å². The average Bonchev–Trinajstić information content (AvgIpc) is 3.21. The second-order valence-corrected chi connectivity index (χ2v) is 15.3. The molecular weight excluding hydrogens is 709 g/mol. The second kappa shape index (κ2) is 45.6. The maximum Gasteiger partial charge on any atom is 0.306 e. The van der Waals surface area contributed by atoms with Crippen molar-refractivity contribution in [2.45, 2.75) is 219 Å². The minimum Gasteiger partial charge on any atom is -0.462 e. The number of rotatable bonds is 41. The van der Waals surface area contributed by atoms with Crippen molar-refractivity contribution in [2.24, 2.45) is 0 Å². The molecule has 0 saturated carbocycles. The Balaban J connectivity index is 4.26. The van der Waals surface area contributed by atoms with Gasteiger partial charge in [-0.25, -0.2) is 0 Å². The Labute approximate surface area is 351 Å². The Kier molecular flexibility index (Phi) is 43.0. The maximum atomic E-state index is 12.7. The zero-order valence-electron chi connectivity index (χ0n) is 37.1. The number of unbranched alkanes of at least 4 members (excludes halogenated alkanes) is 18. The van der Waals surface area contributed by atoms with Crippen molar-refractivity contribution in [2.75, 3.05) is 13.2 Å². The fourth-order valence-corrected chi connectivity index (χ4v) is 6.17. The van der Waals surface area contributed by atoms with Crippen LogP contribution in [0.15, 0.2) is 72.9 Å². The summed E-state index contributed by atoms with van der Waals surface area (Å²) < 4.78 is 16.6. The molecule has 0 rings (SSSR count). The van der Waals surface area contributed by atoms with Gasteiger partial charge in [0.25, 0.3) is 0 Å². The monoisotopic (exact) mass is 795 g/mol. The molecule has 0 aromatic rings. The van der Waals surface area contributed by atoms with Crippen molar-refractivity contribution in [1.29, 1.82) is 0 Å². The largest absolute Gasteiger partial charge is 0.462 e. The van der Waals surface area contributed by atoms with Gasteiger partial charge in [0.2, 0.25) is 0 Å². The van der Waals surface area contributed by atoms with Crippen LogP contribution in [0.4, 0.5) is 0 Å². The minimum atomic E-state index is -0.793. The number of allylic oxidation sites excluding steroid dienone is 12. The van der Waals surface area contributed by atoms with E-state index >= 15 is 0 Å². The molecule has 0 N–H and O–H groups in total. The van der Waals surface area contributed by atoms with Gasteiger partial charge in [-0.05, 0) is 89.9 Å². The van der Waals surface area contributed by atoms with E-state index in [-0.39, 0.29) is 37.5 Å². The Hall–Kier alpha value is -3.15. The van der Waals surface area contributed by atoms with Crippen LogP contribution >= 0.6 is 0 Å². The van der Waals surface area contributed by atoms with Gasteiger partial charge in [0.05, 0.1) is 0 Å².